The van der Waals surface area contributed by atoms with E-state index in [2.05, 4.69) is 22.4 Å². The van der Waals surface area contributed by atoms with Gasteiger partial charge in [0.25, 0.3) is 0 Å². The van der Waals surface area contributed by atoms with Crippen molar-refractivity contribution < 1.29 is 4.79 Å². The van der Waals surface area contributed by atoms with Gasteiger partial charge in [-0.3, -0.25) is 9.89 Å². The minimum absolute atomic E-state index is 0.0166. The number of rotatable bonds is 3. The van der Waals surface area contributed by atoms with Crippen LogP contribution in [0.2, 0.25) is 0 Å². The molecule has 0 aromatic carbocycles. The third-order valence-corrected chi connectivity index (χ3v) is 2.07. The molecular formula is C11H19N3O. The number of carbonyl (C=O) groups excluding carboxylic acids is 1. The topological polar surface area (TPSA) is 57.8 Å². The Morgan fingerprint density at radius 3 is 2.73 bits per heavy atom. The minimum Gasteiger partial charge on any atom is -0.309 e. The van der Waals surface area contributed by atoms with Crippen molar-refractivity contribution in [3.8, 4) is 0 Å². The van der Waals surface area contributed by atoms with Crippen molar-refractivity contribution in [3.05, 3.63) is 11.8 Å². The van der Waals surface area contributed by atoms with Crippen LogP contribution in [0, 0.1) is 5.41 Å². The van der Waals surface area contributed by atoms with Crippen molar-refractivity contribution in [3.63, 3.8) is 0 Å². The molecular weight excluding hydrogens is 190 g/mol. The Labute approximate surface area is 90.5 Å². The summed E-state index contributed by atoms with van der Waals surface area (Å²) in [5, 5.41) is 9.71. The molecule has 0 aliphatic rings. The Morgan fingerprint density at radius 2 is 2.20 bits per heavy atom. The van der Waals surface area contributed by atoms with Crippen molar-refractivity contribution in [1.82, 2.24) is 10.2 Å². The summed E-state index contributed by atoms with van der Waals surface area (Å²) in [6.07, 6.45) is 2.02. The molecule has 0 aliphatic carbocycles. The Hall–Kier alpha value is -1.32. The number of aryl methyl sites for hydroxylation is 1. The first-order valence-electron chi connectivity index (χ1n) is 5.29. The van der Waals surface area contributed by atoms with E-state index in [0.717, 1.165) is 18.5 Å². The summed E-state index contributed by atoms with van der Waals surface area (Å²) in [5.74, 6) is 0.593. The summed E-state index contributed by atoms with van der Waals surface area (Å²) in [4.78, 5) is 11.6. The smallest absolute Gasteiger partial charge is 0.230 e. The molecule has 2 N–H and O–H groups in total. The predicted molar refractivity (Wildman–Crippen MR) is 60.7 cm³/mol. The summed E-state index contributed by atoms with van der Waals surface area (Å²) in [7, 11) is 0. The SMILES string of the molecule is CCCc1cc(NC(=O)C(C)(C)C)n[nH]1. The maximum absolute atomic E-state index is 11.6. The summed E-state index contributed by atoms with van der Waals surface area (Å²) < 4.78 is 0. The molecule has 84 valence electrons. The van der Waals surface area contributed by atoms with Crippen molar-refractivity contribution in [2.24, 2.45) is 5.41 Å². The van der Waals surface area contributed by atoms with Gasteiger partial charge in [0.15, 0.2) is 5.82 Å². The van der Waals surface area contributed by atoms with Crippen LogP contribution >= 0.6 is 0 Å². The van der Waals surface area contributed by atoms with E-state index in [1.165, 1.54) is 0 Å². The van der Waals surface area contributed by atoms with Crippen LogP contribution in [-0.4, -0.2) is 16.1 Å². The average Bonchev–Trinajstić information content (AvgIpc) is 2.51. The summed E-state index contributed by atoms with van der Waals surface area (Å²) in [5.41, 5.74) is 0.672. The fraction of sp³-hybridized carbons (Fsp3) is 0.636. The summed E-state index contributed by atoms with van der Waals surface area (Å²) >= 11 is 0. The average molecular weight is 209 g/mol. The van der Waals surface area contributed by atoms with E-state index in [1.54, 1.807) is 0 Å². The number of nitrogens with zero attached hydrogens (tertiary/aromatic N) is 1. The Balaban J connectivity index is 2.61. The Morgan fingerprint density at radius 1 is 1.53 bits per heavy atom. The van der Waals surface area contributed by atoms with E-state index >= 15 is 0 Å². The monoisotopic (exact) mass is 209 g/mol. The number of amides is 1. The number of hydrogen-bond donors (Lipinski definition) is 2. The number of aromatic nitrogens is 2. The van der Waals surface area contributed by atoms with E-state index in [1.807, 2.05) is 26.8 Å². The van der Waals surface area contributed by atoms with Crippen molar-refractivity contribution in [2.75, 3.05) is 5.32 Å². The van der Waals surface area contributed by atoms with Crippen LogP contribution in [0.1, 0.15) is 39.8 Å². The summed E-state index contributed by atoms with van der Waals surface area (Å²) in [6, 6.07) is 1.88. The molecule has 1 aromatic rings. The second-order valence-electron chi connectivity index (χ2n) is 4.73. The molecule has 1 aromatic heterocycles. The van der Waals surface area contributed by atoms with Gasteiger partial charge in [-0.25, -0.2) is 0 Å². The third kappa shape index (κ3) is 3.38. The van der Waals surface area contributed by atoms with E-state index in [-0.39, 0.29) is 11.3 Å². The van der Waals surface area contributed by atoms with Gasteiger partial charge in [0.05, 0.1) is 0 Å². The number of H-pyrrole nitrogens is 1. The van der Waals surface area contributed by atoms with Crippen LogP contribution in [0.15, 0.2) is 6.07 Å². The number of anilines is 1. The second kappa shape index (κ2) is 4.47. The molecule has 0 fully saturated rings. The van der Waals surface area contributed by atoms with E-state index in [9.17, 15) is 4.79 Å². The molecule has 4 heteroatoms. The highest BCUT2D eigenvalue weighted by Gasteiger charge is 2.21. The number of carbonyl (C=O) groups is 1. The highest BCUT2D eigenvalue weighted by Crippen LogP contribution is 2.16. The normalized spacial score (nSPS) is 11.5. The van der Waals surface area contributed by atoms with E-state index in [4.69, 9.17) is 0 Å². The van der Waals surface area contributed by atoms with Gasteiger partial charge < -0.3 is 5.32 Å². The molecule has 0 radical (unpaired) electrons. The predicted octanol–water partition coefficient (Wildman–Crippen LogP) is 2.35. The number of aromatic amines is 1. The molecule has 0 spiro atoms. The Bertz CT molecular complexity index is 336. The van der Waals surface area contributed by atoms with Gasteiger partial charge in [-0.2, -0.15) is 5.10 Å². The van der Waals surface area contributed by atoms with Crippen LogP contribution in [0.5, 0.6) is 0 Å². The molecule has 1 heterocycles. The minimum atomic E-state index is -0.385. The number of hydrogen-bond acceptors (Lipinski definition) is 2. The maximum atomic E-state index is 11.6. The molecule has 0 aliphatic heterocycles. The zero-order valence-corrected chi connectivity index (χ0v) is 9.85. The zero-order valence-electron chi connectivity index (χ0n) is 9.85. The second-order valence-corrected chi connectivity index (χ2v) is 4.73. The van der Waals surface area contributed by atoms with Gasteiger partial charge in [0.2, 0.25) is 5.91 Å². The van der Waals surface area contributed by atoms with Gasteiger partial charge in [0.1, 0.15) is 0 Å². The van der Waals surface area contributed by atoms with Gasteiger partial charge in [-0.05, 0) is 6.42 Å². The van der Waals surface area contributed by atoms with Crippen molar-refractivity contribution >= 4 is 11.7 Å². The van der Waals surface area contributed by atoms with Crippen molar-refractivity contribution in [2.45, 2.75) is 40.5 Å². The number of nitrogens with one attached hydrogen (secondary N) is 2. The molecule has 0 saturated heterocycles. The third-order valence-electron chi connectivity index (χ3n) is 2.07. The fourth-order valence-electron chi connectivity index (χ4n) is 1.13. The van der Waals surface area contributed by atoms with Crippen LogP contribution in [-0.2, 0) is 11.2 Å². The fourth-order valence-corrected chi connectivity index (χ4v) is 1.13. The molecule has 0 atom stereocenters. The van der Waals surface area contributed by atoms with Gasteiger partial charge in [-0.15, -0.1) is 0 Å². The molecule has 4 nitrogen and oxygen atoms in total. The largest absolute Gasteiger partial charge is 0.309 e. The lowest BCUT2D eigenvalue weighted by atomic mass is 9.96. The van der Waals surface area contributed by atoms with Gasteiger partial charge >= 0.3 is 0 Å². The molecule has 15 heavy (non-hydrogen) atoms. The first-order valence-corrected chi connectivity index (χ1v) is 5.29. The highest BCUT2D eigenvalue weighted by molar-refractivity contribution is 5.93. The lowest BCUT2D eigenvalue weighted by Crippen LogP contribution is -2.27. The van der Waals surface area contributed by atoms with Crippen LogP contribution < -0.4 is 5.32 Å². The van der Waals surface area contributed by atoms with Gasteiger partial charge in [-0.1, -0.05) is 34.1 Å². The van der Waals surface area contributed by atoms with Crippen molar-refractivity contribution in [1.29, 1.82) is 0 Å². The lowest BCUT2D eigenvalue weighted by molar-refractivity contribution is -0.123. The standard InChI is InChI=1S/C11H19N3O/c1-5-6-8-7-9(14-13-8)12-10(15)11(2,3)4/h7H,5-6H2,1-4H3,(H2,12,13,14,15). The zero-order chi connectivity index (χ0) is 11.5. The first kappa shape index (κ1) is 11.8. The van der Waals surface area contributed by atoms with Gasteiger partial charge in [0, 0.05) is 17.2 Å². The molecule has 0 bridgehead atoms. The molecule has 0 saturated carbocycles. The molecule has 1 rings (SSSR count). The van der Waals surface area contributed by atoms with E-state index < -0.39 is 0 Å². The van der Waals surface area contributed by atoms with Crippen LogP contribution in [0.25, 0.3) is 0 Å². The van der Waals surface area contributed by atoms with Crippen LogP contribution in [0.4, 0.5) is 5.82 Å². The molecule has 0 unspecified atom stereocenters. The lowest BCUT2D eigenvalue weighted by Gasteiger charge is -2.15. The molecule has 1 amide bonds. The maximum Gasteiger partial charge on any atom is 0.230 e. The van der Waals surface area contributed by atoms with Crippen LogP contribution in [0.3, 0.4) is 0 Å². The first-order chi connectivity index (χ1) is 6.93. The Kier molecular flexibility index (Phi) is 3.50. The quantitative estimate of drug-likeness (QED) is 0.802. The highest BCUT2D eigenvalue weighted by atomic mass is 16.2. The van der Waals surface area contributed by atoms with E-state index in [0.29, 0.717) is 5.82 Å². The summed E-state index contributed by atoms with van der Waals surface area (Å²) in [6.45, 7) is 7.74.